The lowest BCUT2D eigenvalue weighted by molar-refractivity contribution is 0.516. The Kier molecular flexibility index (Phi) is 7.77. The molecule has 0 aromatic heterocycles. The van der Waals surface area contributed by atoms with Gasteiger partial charge in [0, 0.05) is 21.5 Å². The summed E-state index contributed by atoms with van der Waals surface area (Å²) in [6.07, 6.45) is 12.3. The fourth-order valence-corrected chi connectivity index (χ4v) is 10.9. The Morgan fingerprint density at radius 1 is 0.676 bits per heavy atom. The maximum Gasteiger partial charge on any atom is 0.146 e. The first-order valence-corrected chi connectivity index (χ1v) is 15.5. The van der Waals surface area contributed by atoms with E-state index < -0.39 is 7.14 Å². The maximum atomic E-state index is 15.4. The Labute approximate surface area is 209 Å². The third-order valence-electron chi connectivity index (χ3n) is 7.56. The monoisotopic (exact) mass is 486 g/mol. The van der Waals surface area contributed by atoms with Crippen LogP contribution in [0.25, 0.3) is 0 Å². The van der Waals surface area contributed by atoms with E-state index in [1.54, 1.807) is 0 Å². The second kappa shape index (κ2) is 11.1. The molecular weight excluding hydrogens is 451 g/mol. The molecule has 0 spiro atoms. The predicted octanol–water partition coefficient (Wildman–Crippen LogP) is 8.29. The van der Waals surface area contributed by atoms with Crippen LogP contribution in [0.1, 0.15) is 62.8 Å². The van der Waals surface area contributed by atoms with Crippen LogP contribution in [0, 0.1) is 0 Å². The van der Waals surface area contributed by atoms with Crippen molar-refractivity contribution in [3.63, 3.8) is 0 Å². The van der Waals surface area contributed by atoms with Crippen LogP contribution in [0.15, 0.2) is 102 Å². The fraction of sp³-hybridized carbons (Fsp3) is 0.355. The van der Waals surface area contributed by atoms with E-state index in [0.29, 0.717) is 0 Å². The van der Waals surface area contributed by atoms with E-state index in [0.717, 1.165) is 35.1 Å². The molecule has 0 heterocycles. The van der Waals surface area contributed by atoms with Crippen LogP contribution in [0.2, 0.25) is 0 Å². The molecule has 176 valence electrons. The van der Waals surface area contributed by atoms with Gasteiger partial charge in [0.15, 0.2) is 0 Å². The van der Waals surface area contributed by atoms with Gasteiger partial charge in [-0.05, 0) is 48.5 Å². The standard InChI is InChI=1S/C31H35OPS/c32-33(26-16-7-2-8-17-26,27-18-9-3-10-19-27)31-23-13-22-29(34-28-20-11-4-12-21-28)24-30(31)25-14-5-1-6-15-25/h1-3,5-10,14-19,22,28,30-31H,4,11-13,20-21,23-24H2/t30-,31+/m1/s1. The quantitative estimate of drug-likeness (QED) is 0.326. The normalized spacial score (nSPS) is 22.1. The van der Waals surface area contributed by atoms with Gasteiger partial charge in [0.1, 0.15) is 7.14 Å². The Hall–Kier alpha value is -2.02. The summed E-state index contributed by atoms with van der Waals surface area (Å²) in [6, 6.07) is 31.5. The van der Waals surface area contributed by atoms with E-state index in [1.807, 2.05) is 36.4 Å². The molecule has 1 nitrogen and oxygen atoms in total. The highest BCUT2D eigenvalue weighted by molar-refractivity contribution is 8.03. The van der Waals surface area contributed by atoms with Gasteiger partial charge in [-0.1, -0.05) is 116 Å². The van der Waals surface area contributed by atoms with Crippen LogP contribution in [0.3, 0.4) is 0 Å². The minimum absolute atomic E-state index is 0.0837. The first-order chi connectivity index (χ1) is 16.7. The van der Waals surface area contributed by atoms with Gasteiger partial charge in [-0.15, -0.1) is 11.8 Å². The highest BCUT2D eigenvalue weighted by Gasteiger charge is 2.42. The average molecular weight is 487 g/mol. The van der Waals surface area contributed by atoms with Crippen molar-refractivity contribution in [1.82, 2.24) is 0 Å². The molecule has 0 N–H and O–H groups in total. The molecule has 2 atom stereocenters. The Morgan fingerprint density at radius 3 is 1.82 bits per heavy atom. The van der Waals surface area contributed by atoms with E-state index in [-0.39, 0.29) is 11.6 Å². The Balaban J connectivity index is 1.56. The zero-order chi connectivity index (χ0) is 23.2. The van der Waals surface area contributed by atoms with Gasteiger partial charge < -0.3 is 4.57 Å². The topological polar surface area (TPSA) is 17.1 Å². The maximum absolute atomic E-state index is 15.4. The van der Waals surface area contributed by atoms with Gasteiger partial charge >= 0.3 is 0 Å². The molecular formula is C31H35OPS. The van der Waals surface area contributed by atoms with Gasteiger partial charge in [-0.3, -0.25) is 0 Å². The molecule has 1 fully saturated rings. The third kappa shape index (κ3) is 5.14. The molecule has 0 unspecified atom stereocenters. The molecule has 5 rings (SSSR count). The molecule has 1 saturated carbocycles. The minimum atomic E-state index is -2.86. The average Bonchev–Trinajstić information content (AvgIpc) is 3.13. The second-order valence-electron chi connectivity index (χ2n) is 9.74. The fourth-order valence-electron chi connectivity index (χ4n) is 5.85. The smallest absolute Gasteiger partial charge is 0.146 e. The molecule has 0 amide bonds. The van der Waals surface area contributed by atoms with Crippen molar-refractivity contribution < 1.29 is 4.57 Å². The van der Waals surface area contributed by atoms with Crippen molar-refractivity contribution in [2.24, 2.45) is 0 Å². The molecule has 2 aliphatic carbocycles. The number of rotatable bonds is 6. The second-order valence-corrected chi connectivity index (χ2v) is 14.2. The number of hydrogen-bond donors (Lipinski definition) is 0. The van der Waals surface area contributed by atoms with Crippen LogP contribution >= 0.6 is 18.9 Å². The first kappa shape index (κ1) is 23.7. The largest absolute Gasteiger partial charge is 0.313 e. The van der Waals surface area contributed by atoms with E-state index in [4.69, 9.17) is 0 Å². The van der Waals surface area contributed by atoms with Gasteiger partial charge in [0.2, 0.25) is 0 Å². The van der Waals surface area contributed by atoms with Crippen LogP contribution < -0.4 is 10.6 Å². The summed E-state index contributed by atoms with van der Waals surface area (Å²) in [7, 11) is -2.86. The van der Waals surface area contributed by atoms with Crippen LogP contribution in [0.5, 0.6) is 0 Å². The summed E-state index contributed by atoms with van der Waals surface area (Å²) in [6.45, 7) is 0. The van der Waals surface area contributed by atoms with E-state index in [2.05, 4.69) is 72.4 Å². The van der Waals surface area contributed by atoms with Gasteiger partial charge in [0.25, 0.3) is 0 Å². The van der Waals surface area contributed by atoms with Crippen LogP contribution in [-0.4, -0.2) is 10.9 Å². The molecule has 3 heteroatoms. The van der Waals surface area contributed by atoms with Gasteiger partial charge in [-0.2, -0.15) is 0 Å². The summed E-state index contributed by atoms with van der Waals surface area (Å²) in [4.78, 5) is 1.52. The molecule has 3 aromatic rings. The lowest BCUT2D eigenvalue weighted by Crippen LogP contribution is -2.30. The molecule has 0 bridgehead atoms. The molecule has 3 aromatic carbocycles. The van der Waals surface area contributed by atoms with Crippen molar-refractivity contribution in [1.29, 1.82) is 0 Å². The molecule has 0 saturated heterocycles. The summed E-state index contributed by atoms with van der Waals surface area (Å²) >= 11 is 2.13. The lowest BCUT2D eigenvalue weighted by atomic mass is 9.91. The third-order valence-corrected chi connectivity index (χ3v) is 12.7. The molecule has 2 aliphatic rings. The molecule has 0 radical (unpaired) electrons. The van der Waals surface area contributed by atoms with Crippen molar-refractivity contribution in [3.05, 3.63) is 108 Å². The Morgan fingerprint density at radius 2 is 1.24 bits per heavy atom. The zero-order valence-electron chi connectivity index (χ0n) is 19.9. The summed E-state index contributed by atoms with van der Waals surface area (Å²) in [5, 5.41) is 2.74. The van der Waals surface area contributed by atoms with E-state index in [1.165, 1.54) is 42.6 Å². The van der Waals surface area contributed by atoms with Gasteiger partial charge in [-0.25, -0.2) is 0 Å². The van der Waals surface area contributed by atoms with Crippen molar-refractivity contribution in [3.8, 4) is 0 Å². The van der Waals surface area contributed by atoms with Crippen LogP contribution in [0.4, 0.5) is 0 Å². The summed E-state index contributed by atoms with van der Waals surface area (Å²) < 4.78 is 15.4. The highest BCUT2D eigenvalue weighted by Crippen LogP contribution is 2.58. The molecule has 34 heavy (non-hydrogen) atoms. The van der Waals surface area contributed by atoms with Crippen molar-refractivity contribution in [2.75, 3.05) is 0 Å². The highest BCUT2D eigenvalue weighted by atomic mass is 32.2. The van der Waals surface area contributed by atoms with E-state index in [9.17, 15) is 0 Å². The first-order valence-electron chi connectivity index (χ1n) is 12.9. The van der Waals surface area contributed by atoms with E-state index >= 15 is 4.57 Å². The lowest BCUT2D eigenvalue weighted by Gasteiger charge is -2.35. The number of hydrogen-bond acceptors (Lipinski definition) is 2. The van der Waals surface area contributed by atoms with Crippen molar-refractivity contribution in [2.45, 2.75) is 68.2 Å². The SMILES string of the molecule is O=P(c1ccccc1)(c1ccccc1)[C@H]1CCC=C(SC2CCCCC2)C[C@@H]1c1ccccc1. The summed E-state index contributed by atoms with van der Waals surface area (Å²) in [5.41, 5.74) is 1.41. The Bertz CT molecular complexity index is 1080. The van der Waals surface area contributed by atoms with Crippen LogP contribution in [-0.2, 0) is 4.57 Å². The van der Waals surface area contributed by atoms with Gasteiger partial charge in [0.05, 0.1) is 0 Å². The predicted molar refractivity (Wildman–Crippen MR) is 149 cm³/mol. The molecule has 0 aliphatic heterocycles. The zero-order valence-corrected chi connectivity index (χ0v) is 21.6. The number of benzene rings is 3. The summed E-state index contributed by atoms with van der Waals surface area (Å²) in [5.74, 6) is 0.247. The van der Waals surface area contributed by atoms with Crippen molar-refractivity contribution >= 4 is 29.5 Å². The minimum Gasteiger partial charge on any atom is -0.313 e. The number of thioether (sulfide) groups is 1. The number of allylic oxidation sites excluding steroid dienone is 2.